The number of nitrogens with one attached hydrogen (secondary N) is 1. The summed E-state index contributed by atoms with van der Waals surface area (Å²) in [5, 5.41) is 28.6. The third-order valence-electron chi connectivity index (χ3n) is 2.03. The predicted octanol–water partition coefficient (Wildman–Crippen LogP) is -0.830. The van der Waals surface area contributed by atoms with Gasteiger partial charge in [-0.15, -0.1) is 0 Å². The number of carbonyl (C=O) groups excluding carboxylic acids is 1. The van der Waals surface area contributed by atoms with E-state index < -0.39 is 12.2 Å². The Balaban J connectivity index is 2.33. The highest BCUT2D eigenvalue weighted by Gasteiger charge is 2.31. The Morgan fingerprint density at radius 3 is 2.80 bits per heavy atom. The number of aromatic nitrogens is 2. The van der Waals surface area contributed by atoms with Crippen LogP contribution < -0.4 is 5.32 Å². The van der Waals surface area contributed by atoms with Crippen LogP contribution in [0, 0.1) is 0 Å². The van der Waals surface area contributed by atoms with E-state index in [2.05, 4.69) is 20.3 Å². The second kappa shape index (κ2) is 3.44. The lowest BCUT2D eigenvalue weighted by Gasteiger charge is -2.20. The zero-order valence-corrected chi connectivity index (χ0v) is 7.84. The van der Waals surface area contributed by atoms with Crippen LogP contribution in [0.15, 0.2) is 16.4 Å². The van der Waals surface area contributed by atoms with Crippen LogP contribution in [0.4, 0.5) is 0 Å². The van der Waals surface area contributed by atoms with Crippen LogP contribution in [-0.2, 0) is 4.79 Å². The maximum atomic E-state index is 10.8. The Kier molecular flexibility index (Phi) is 2.25. The topological polar surface area (TPSA) is 108 Å². The Morgan fingerprint density at radius 1 is 1.47 bits per heavy atom. The first-order valence-electron chi connectivity index (χ1n) is 4.27. The first-order chi connectivity index (χ1) is 7.09. The fourth-order valence-corrected chi connectivity index (χ4v) is 1.40. The van der Waals surface area contributed by atoms with E-state index >= 15 is 0 Å². The summed E-state index contributed by atoms with van der Waals surface area (Å²) in [6.07, 6.45) is -0.867. The van der Waals surface area contributed by atoms with Gasteiger partial charge >= 0.3 is 0 Å². The molecule has 80 valence electrons. The molecular formula is C8H9N3O4. The molecule has 15 heavy (non-hydrogen) atoms. The van der Waals surface area contributed by atoms with Crippen molar-refractivity contribution in [2.75, 3.05) is 0 Å². The number of hydrogen-bond donors (Lipinski definition) is 3. The van der Waals surface area contributed by atoms with E-state index in [4.69, 9.17) is 0 Å². The minimum atomic E-state index is -1.13. The van der Waals surface area contributed by atoms with Gasteiger partial charge in [0.25, 0.3) is 0 Å². The van der Waals surface area contributed by atoms with Gasteiger partial charge in [-0.05, 0) is 6.08 Å². The molecule has 1 heterocycles. The van der Waals surface area contributed by atoms with Gasteiger partial charge in [0.2, 0.25) is 5.91 Å². The molecule has 0 fully saturated rings. The van der Waals surface area contributed by atoms with E-state index in [0.29, 0.717) is 0 Å². The van der Waals surface area contributed by atoms with Gasteiger partial charge in [-0.25, -0.2) is 4.63 Å². The molecule has 3 N–H and O–H groups in total. The standard InChI is InChI=1S/C8H9N3O4/c1-3(12)9-4-2-5(13)6-7(8(4)14)11-15-10-6/h2,5,8,13-14H,1H3,(H,9,12)/t5-,8-/m0/s1. The number of aliphatic hydroxyl groups excluding tert-OH is 2. The number of nitrogens with zero attached hydrogens (tertiary/aromatic N) is 2. The second-order valence-electron chi connectivity index (χ2n) is 3.19. The molecule has 1 amide bonds. The highest BCUT2D eigenvalue weighted by molar-refractivity contribution is 5.75. The normalized spacial score (nSPS) is 24.3. The number of carbonyl (C=O) groups is 1. The summed E-state index contributed by atoms with van der Waals surface area (Å²) in [4.78, 5) is 10.8. The molecule has 0 spiro atoms. The van der Waals surface area contributed by atoms with Crippen molar-refractivity contribution in [3.05, 3.63) is 23.2 Å². The number of amides is 1. The summed E-state index contributed by atoms with van der Waals surface area (Å²) < 4.78 is 4.40. The van der Waals surface area contributed by atoms with Gasteiger partial charge in [0.15, 0.2) is 0 Å². The first kappa shape index (κ1) is 9.81. The van der Waals surface area contributed by atoms with Crippen LogP contribution >= 0.6 is 0 Å². The lowest BCUT2D eigenvalue weighted by molar-refractivity contribution is -0.118. The summed E-state index contributed by atoms with van der Waals surface area (Å²) in [7, 11) is 0. The summed E-state index contributed by atoms with van der Waals surface area (Å²) in [6, 6.07) is 0. The van der Waals surface area contributed by atoms with Gasteiger partial charge in [0.05, 0.1) is 5.70 Å². The van der Waals surface area contributed by atoms with Gasteiger partial charge in [-0.3, -0.25) is 4.79 Å². The van der Waals surface area contributed by atoms with Gasteiger partial charge in [0, 0.05) is 6.92 Å². The first-order valence-corrected chi connectivity index (χ1v) is 4.27. The molecule has 0 saturated heterocycles. The summed E-state index contributed by atoms with van der Waals surface area (Å²) in [5.41, 5.74) is 0.462. The molecule has 0 radical (unpaired) electrons. The van der Waals surface area contributed by atoms with E-state index in [1.54, 1.807) is 0 Å². The van der Waals surface area contributed by atoms with Crippen molar-refractivity contribution in [1.82, 2.24) is 15.6 Å². The van der Waals surface area contributed by atoms with Crippen molar-refractivity contribution in [3.63, 3.8) is 0 Å². The van der Waals surface area contributed by atoms with Gasteiger partial charge in [0.1, 0.15) is 23.6 Å². The second-order valence-corrected chi connectivity index (χ2v) is 3.19. The molecule has 1 aromatic heterocycles. The highest BCUT2D eigenvalue weighted by Crippen LogP contribution is 2.31. The van der Waals surface area contributed by atoms with Crippen LogP contribution in [0.3, 0.4) is 0 Å². The zero-order valence-electron chi connectivity index (χ0n) is 7.84. The maximum Gasteiger partial charge on any atom is 0.221 e. The highest BCUT2D eigenvalue weighted by atomic mass is 16.6. The van der Waals surface area contributed by atoms with Crippen molar-refractivity contribution in [1.29, 1.82) is 0 Å². The molecule has 7 nitrogen and oxygen atoms in total. The number of hydrogen-bond acceptors (Lipinski definition) is 6. The molecule has 0 aliphatic heterocycles. The average Bonchev–Trinajstić information content (AvgIpc) is 2.61. The van der Waals surface area contributed by atoms with E-state index in [-0.39, 0.29) is 23.0 Å². The van der Waals surface area contributed by atoms with Crippen LogP contribution in [0.2, 0.25) is 0 Å². The molecule has 2 rings (SSSR count). The Hall–Kier alpha value is -1.73. The van der Waals surface area contributed by atoms with Crippen LogP contribution in [-0.4, -0.2) is 26.4 Å². The minimum absolute atomic E-state index is 0.119. The number of rotatable bonds is 1. The molecule has 1 aromatic rings. The quantitative estimate of drug-likeness (QED) is 0.559. The largest absolute Gasteiger partial charge is 0.382 e. The molecule has 0 aromatic carbocycles. The van der Waals surface area contributed by atoms with Crippen molar-refractivity contribution >= 4 is 5.91 Å². The molecule has 0 saturated carbocycles. The molecule has 1 aliphatic carbocycles. The lowest BCUT2D eigenvalue weighted by Crippen LogP contribution is -2.27. The predicted molar refractivity (Wildman–Crippen MR) is 46.1 cm³/mol. The number of fused-ring (bicyclic) bond motifs is 1. The summed E-state index contributed by atoms with van der Waals surface area (Å²) in [6.45, 7) is 1.30. The molecular weight excluding hydrogens is 202 g/mol. The smallest absolute Gasteiger partial charge is 0.221 e. The Bertz CT molecular complexity index is 425. The van der Waals surface area contributed by atoms with E-state index in [1.165, 1.54) is 13.0 Å². The fourth-order valence-electron chi connectivity index (χ4n) is 1.40. The molecule has 1 aliphatic rings. The molecule has 0 unspecified atom stereocenters. The molecule has 0 bridgehead atoms. The monoisotopic (exact) mass is 211 g/mol. The maximum absolute atomic E-state index is 10.8. The number of aliphatic hydroxyl groups is 2. The van der Waals surface area contributed by atoms with Crippen LogP contribution in [0.25, 0.3) is 0 Å². The van der Waals surface area contributed by atoms with Gasteiger partial charge in [-0.2, -0.15) is 0 Å². The summed E-state index contributed by atoms with van der Waals surface area (Å²) in [5.74, 6) is -0.340. The summed E-state index contributed by atoms with van der Waals surface area (Å²) >= 11 is 0. The van der Waals surface area contributed by atoms with Crippen molar-refractivity contribution < 1.29 is 19.6 Å². The lowest BCUT2D eigenvalue weighted by atomic mass is 10.00. The van der Waals surface area contributed by atoms with Crippen molar-refractivity contribution in [2.45, 2.75) is 19.1 Å². The zero-order chi connectivity index (χ0) is 11.0. The minimum Gasteiger partial charge on any atom is -0.382 e. The SMILES string of the molecule is CC(=O)NC1=C[C@H](O)c2nonc2[C@H]1O. The fraction of sp³-hybridized carbons (Fsp3) is 0.375. The Labute approximate surface area is 84.4 Å². The van der Waals surface area contributed by atoms with Gasteiger partial charge in [-0.1, -0.05) is 10.3 Å². The van der Waals surface area contributed by atoms with E-state index in [9.17, 15) is 15.0 Å². The molecule has 7 heteroatoms. The third-order valence-corrected chi connectivity index (χ3v) is 2.03. The Morgan fingerprint density at radius 2 is 2.13 bits per heavy atom. The van der Waals surface area contributed by atoms with Crippen molar-refractivity contribution in [2.24, 2.45) is 0 Å². The van der Waals surface area contributed by atoms with Crippen LogP contribution in [0.5, 0.6) is 0 Å². The van der Waals surface area contributed by atoms with Crippen LogP contribution in [0.1, 0.15) is 30.5 Å². The molecule has 2 atom stereocenters. The van der Waals surface area contributed by atoms with E-state index in [0.717, 1.165) is 0 Å². The van der Waals surface area contributed by atoms with E-state index in [1.807, 2.05) is 0 Å². The third kappa shape index (κ3) is 1.62. The average molecular weight is 211 g/mol. The van der Waals surface area contributed by atoms with Crippen molar-refractivity contribution in [3.8, 4) is 0 Å². The van der Waals surface area contributed by atoms with Gasteiger partial charge < -0.3 is 15.5 Å².